The zero-order valence-electron chi connectivity index (χ0n) is 10.2. The van der Waals surface area contributed by atoms with Crippen molar-refractivity contribution < 1.29 is 14.9 Å². The lowest BCUT2D eigenvalue weighted by atomic mass is 10.2. The molecular weight excluding hydrogens is 234 g/mol. The average molecular weight is 249 g/mol. The van der Waals surface area contributed by atoms with Crippen LogP contribution in [0.5, 0.6) is 17.4 Å². The summed E-state index contributed by atoms with van der Waals surface area (Å²) in [5.74, 6) is 1.38. The first kappa shape index (κ1) is 12.1. The van der Waals surface area contributed by atoms with Crippen molar-refractivity contribution in [2.24, 2.45) is 7.05 Å². The van der Waals surface area contributed by atoms with Gasteiger partial charge < -0.3 is 20.3 Å². The van der Waals surface area contributed by atoms with E-state index < -0.39 is 0 Å². The van der Waals surface area contributed by atoms with Crippen molar-refractivity contribution in [2.45, 2.75) is 6.54 Å². The molecule has 0 bridgehead atoms. The fourth-order valence-electron chi connectivity index (χ4n) is 1.62. The third-order valence-electron chi connectivity index (χ3n) is 2.57. The van der Waals surface area contributed by atoms with Gasteiger partial charge in [0.2, 0.25) is 5.88 Å². The number of methoxy groups -OCH3 is 1. The number of aromatic hydroxyl groups is 2. The van der Waals surface area contributed by atoms with Crippen molar-refractivity contribution in [3.63, 3.8) is 0 Å². The predicted molar refractivity (Wildman–Crippen MR) is 66.9 cm³/mol. The summed E-state index contributed by atoms with van der Waals surface area (Å²) in [5.41, 5.74) is 0.678. The van der Waals surface area contributed by atoms with Gasteiger partial charge in [0.25, 0.3) is 0 Å². The van der Waals surface area contributed by atoms with Crippen molar-refractivity contribution >= 4 is 5.82 Å². The number of rotatable bonds is 4. The molecule has 0 unspecified atom stereocenters. The molecule has 0 saturated carbocycles. The molecule has 0 saturated heterocycles. The molecule has 6 heteroatoms. The minimum Gasteiger partial charge on any atom is -0.508 e. The number of phenolic OH excluding ortho intramolecular Hbond substituents is 2. The Bertz CT molecular complexity index is 551. The molecule has 0 atom stereocenters. The third-order valence-corrected chi connectivity index (χ3v) is 2.57. The van der Waals surface area contributed by atoms with Crippen molar-refractivity contribution in [3.05, 3.63) is 29.8 Å². The lowest BCUT2D eigenvalue weighted by Crippen LogP contribution is -2.01. The number of nitrogens with one attached hydrogen (secondary N) is 1. The first-order chi connectivity index (χ1) is 8.60. The number of anilines is 1. The van der Waals surface area contributed by atoms with E-state index in [0.717, 1.165) is 0 Å². The van der Waals surface area contributed by atoms with Gasteiger partial charge in [0.05, 0.1) is 7.11 Å². The zero-order valence-corrected chi connectivity index (χ0v) is 10.2. The number of aromatic nitrogens is 2. The minimum absolute atomic E-state index is 0.0377. The molecule has 6 nitrogen and oxygen atoms in total. The number of phenols is 2. The third kappa shape index (κ3) is 2.48. The Kier molecular flexibility index (Phi) is 3.27. The molecular formula is C12H15N3O3. The van der Waals surface area contributed by atoms with E-state index in [1.165, 1.54) is 12.1 Å². The van der Waals surface area contributed by atoms with Crippen LogP contribution in [0.3, 0.4) is 0 Å². The molecule has 0 radical (unpaired) electrons. The first-order valence-corrected chi connectivity index (χ1v) is 5.43. The Morgan fingerprint density at radius 3 is 2.72 bits per heavy atom. The minimum atomic E-state index is 0.0377. The molecule has 1 aromatic carbocycles. The van der Waals surface area contributed by atoms with Gasteiger partial charge in [-0.2, -0.15) is 5.10 Å². The molecule has 0 spiro atoms. The first-order valence-electron chi connectivity index (χ1n) is 5.43. The molecule has 2 rings (SSSR count). The maximum Gasteiger partial charge on any atom is 0.213 e. The highest BCUT2D eigenvalue weighted by Gasteiger charge is 2.06. The lowest BCUT2D eigenvalue weighted by molar-refractivity contribution is 0.373. The van der Waals surface area contributed by atoms with Crippen molar-refractivity contribution in [2.75, 3.05) is 12.4 Å². The van der Waals surface area contributed by atoms with E-state index in [-0.39, 0.29) is 11.5 Å². The second kappa shape index (κ2) is 4.87. The quantitative estimate of drug-likeness (QED) is 0.764. The molecule has 2 aromatic rings. The number of nitrogens with zero attached hydrogens (tertiary/aromatic N) is 2. The van der Waals surface area contributed by atoms with E-state index in [9.17, 15) is 10.2 Å². The van der Waals surface area contributed by atoms with Crippen LogP contribution in [-0.2, 0) is 13.6 Å². The van der Waals surface area contributed by atoms with E-state index in [1.807, 2.05) is 0 Å². The molecule has 0 amide bonds. The number of hydrogen-bond acceptors (Lipinski definition) is 5. The van der Waals surface area contributed by atoms with Crippen LogP contribution in [0.4, 0.5) is 5.82 Å². The smallest absolute Gasteiger partial charge is 0.213 e. The summed E-state index contributed by atoms with van der Waals surface area (Å²) in [4.78, 5) is 0. The van der Waals surface area contributed by atoms with Crippen LogP contribution in [0, 0.1) is 0 Å². The van der Waals surface area contributed by atoms with Crippen LogP contribution in [-0.4, -0.2) is 27.1 Å². The summed E-state index contributed by atoms with van der Waals surface area (Å²) in [6.45, 7) is 0.409. The Morgan fingerprint density at radius 1 is 1.33 bits per heavy atom. The van der Waals surface area contributed by atoms with Gasteiger partial charge >= 0.3 is 0 Å². The van der Waals surface area contributed by atoms with Crippen LogP contribution < -0.4 is 10.1 Å². The Labute approximate surface area is 104 Å². The Hall–Kier alpha value is -2.37. The van der Waals surface area contributed by atoms with Crippen LogP contribution in [0.25, 0.3) is 0 Å². The highest BCUT2D eigenvalue weighted by atomic mass is 16.5. The number of hydrogen-bond donors (Lipinski definition) is 3. The van der Waals surface area contributed by atoms with Crippen molar-refractivity contribution in [1.29, 1.82) is 0 Å². The molecule has 0 fully saturated rings. The molecule has 0 aliphatic rings. The van der Waals surface area contributed by atoms with Crippen LogP contribution >= 0.6 is 0 Å². The molecule has 1 aromatic heterocycles. The summed E-state index contributed by atoms with van der Waals surface area (Å²) in [6.07, 6.45) is 0. The fourth-order valence-corrected chi connectivity index (χ4v) is 1.62. The van der Waals surface area contributed by atoms with Crippen LogP contribution in [0.15, 0.2) is 24.3 Å². The van der Waals surface area contributed by atoms with Gasteiger partial charge in [-0.05, 0) is 12.1 Å². The van der Waals surface area contributed by atoms with Gasteiger partial charge in [-0.1, -0.05) is 0 Å². The Morgan fingerprint density at radius 2 is 2.11 bits per heavy atom. The van der Waals surface area contributed by atoms with Gasteiger partial charge in [-0.3, -0.25) is 0 Å². The normalized spacial score (nSPS) is 10.3. The molecule has 18 heavy (non-hydrogen) atoms. The van der Waals surface area contributed by atoms with Gasteiger partial charge in [-0.15, -0.1) is 0 Å². The summed E-state index contributed by atoms with van der Waals surface area (Å²) >= 11 is 0. The van der Waals surface area contributed by atoms with E-state index in [0.29, 0.717) is 23.8 Å². The van der Waals surface area contributed by atoms with Gasteiger partial charge in [0, 0.05) is 31.3 Å². The topological polar surface area (TPSA) is 79.5 Å². The SMILES string of the molecule is COc1cc(NCc2ccc(O)cc2O)nn1C. The summed E-state index contributed by atoms with van der Waals surface area (Å²) in [7, 11) is 3.36. The number of aryl methyl sites for hydroxylation is 1. The van der Waals surface area contributed by atoms with E-state index in [1.54, 1.807) is 31.0 Å². The average Bonchev–Trinajstić information content (AvgIpc) is 2.69. The maximum atomic E-state index is 9.63. The predicted octanol–water partition coefficient (Wildman–Crippen LogP) is 1.45. The zero-order chi connectivity index (χ0) is 13.1. The van der Waals surface area contributed by atoms with Gasteiger partial charge in [0.15, 0.2) is 5.82 Å². The highest BCUT2D eigenvalue weighted by Crippen LogP contribution is 2.23. The van der Waals surface area contributed by atoms with Crippen molar-refractivity contribution in [3.8, 4) is 17.4 Å². The number of ether oxygens (including phenoxy) is 1. The second-order valence-electron chi connectivity index (χ2n) is 3.86. The monoisotopic (exact) mass is 249 g/mol. The standard InChI is InChI=1S/C12H15N3O3/c1-15-12(18-2)6-11(14-15)13-7-8-3-4-9(16)5-10(8)17/h3-6,16-17H,7H2,1-2H3,(H,13,14). The summed E-state index contributed by atoms with van der Waals surface area (Å²) < 4.78 is 6.71. The largest absolute Gasteiger partial charge is 0.508 e. The summed E-state index contributed by atoms with van der Waals surface area (Å²) in [6, 6.07) is 6.24. The fraction of sp³-hybridized carbons (Fsp3) is 0.250. The van der Waals surface area contributed by atoms with Crippen LogP contribution in [0.2, 0.25) is 0 Å². The second-order valence-corrected chi connectivity index (χ2v) is 3.86. The van der Waals surface area contributed by atoms with Gasteiger partial charge in [-0.25, -0.2) is 4.68 Å². The van der Waals surface area contributed by atoms with Crippen LogP contribution in [0.1, 0.15) is 5.56 Å². The van der Waals surface area contributed by atoms with Crippen molar-refractivity contribution in [1.82, 2.24) is 9.78 Å². The Balaban J connectivity index is 2.06. The number of benzene rings is 1. The molecule has 96 valence electrons. The molecule has 1 heterocycles. The summed E-state index contributed by atoms with van der Waals surface area (Å²) in [5, 5.41) is 26.1. The lowest BCUT2D eigenvalue weighted by Gasteiger charge is -2.05. The molecule has 0 aliphatic heterocycles. The van der Waals surface area contributed by atoms with E-state index in [4.69, 9.17) is 4.74 Å². The maximum absolute atomic E-state index is 9.63. The molecule has 0 aliphatic carbocycles. The molecule has 3 N–H and O–H groups in total. The van der Waals surface area contributed by atoms with E-state index >= 15 is 0 Å². The van der Waals surface area contributed by atoms with Gasteiger partial charge in [0.1, 0.15) is 11.5 Å². The highest BCUT2D eigenvalue weighted by molar-refractivity contribution is 5.43. The van der Waals surface area contributed by atoms with E-state index in [2.05, 4.69) is 10.4 Å².